The van der Waals surface area contributed by atoms with Gasteiger partial charge in [0, 0.05) is 0 Å². The number of halogens is 2. The van der Waals surface area contributed by atoms with Gasteiger partial charge in [0.15, 0.2) is 5.75 Å². The van der Waals surface area contributed by atoms with Crippen molar-refractivity contribution >= 4 is 29.2 Å². The molecule has 0 unspecified atom stereocenters. The molecule has 0 aliphatic heterocycles. The number of aromatic carboxylic acids is 1. The van der Waals surface area contributed by atoms with Gasteiger partial charge in [0.2, 0.25) is 0 Å². The summed E-state index contributed by atoms with van der Waals surface area (Å²) in [6, 6.07) is 1.50. The highest BCUT2D eigenvalue weighted by molar-refractivity contribution is 6.37. The average molecular weight is 235 g/mol. The SMILES string of the molecule is COc1c(Cl)c(C)cc(Cl)c1C(=O)O. The fourth-order valence-electron chi connectivity index (χ4n) is 1.11. The summed E-state index contributed by atoms with van der Waals surface area (Å²) >= 11 is 11.6. The first kappa shape index (κ1) is 11.1. The molecule has 0 bridgehead atoms. The van der Waals surface area contributed by atoms with E-state index >= 15 is 0 Å². The molecule has 3 nitrogen and oxygen atoms in total. The third-order valence-corrected chi connectivity index (χ3v) is 2.54. The molecule has 1 aromatic carbocycles. The van der Waals surface area contributed by atoms with Gasteiger partial charge in [-0.2, -0.15) is 0 Å². The first-order chi connectivity index (χ1) is 6.49. The standard InChI is InChI=1S/C9H8Cl2O3/c1-4-3-5(10)6(9(12)13)8(14-2)7(4)11/h3H,1-2H3,(H,12,13). The fraction of sp³-hybridized carbons (Fsp3) is 0.222. The third kappa shape index (κ3) is 1.79. The zero-order valence-corrected chi connectivity index (χ0v) is 9.11. The number of hydrogen-bond acceptors (Lipinski definition) is 2. The largest absolute Gasteiger partial charge is 0.494 e. The fourth-order valence-corrected chi connectivity index (χ4v) is 1.67. The molecule has 14 heavy (non-hydrogen) atoms. The topological polar surface area (TPSA) is 46.5 Å². The summed E-state index contributed by atoms with van der Waals surface area (Å²) in [6.07, 6.45) is 0. The summed E-state index contributed by atoms with van der Waals surface area (Å²) in [5.74, 6) is -1.06. The van der Waals surface area contributed by atoms with Crippen LogP contribution in [0.1, 0.15) is 15.9 Å². The van der Waals surface area contributed by atoms with E-state index in [4.69, 9.17) is 33.0 Å². The van der Waals surface area contributed by atoms with Crippen LogP contribution in [0.15, 0.2) is 6.07 Å². The number of carbonyl (C=O) groups is 1. The van der Waals surface area contributed by atoms with Gasteiger partial charge in [0.1, 0.15) is 5.56 Å². The van der Waals surface area contributed by atoms with E-state index in [2.05, 4.69) is 0 Å². The van der Waals surface area contributed by atoms with Crippen LogP contribution < -0.4 is 4.74 Å². The van der Waals surface area contributed by atoms with Crippen molar-refractivity contribution in [3.05, 3.63) is 27.2 Å². The van der Waals surface area contributed by atoms with Crippen LogP contribution >= 0.6 is 23.2 Å². The van der Waals surface area contributed by atoms with Gasteiger partial charge in [0.05, 0.1) is 17.2 Å². The van der Waals surface area contributed by atoms with Crippen molar-refractivity contribution in [1.82, 2.24) is 0 Å². The van der Waals surface area contributed by atoms with Crippen LogP contribution in [0.25, 0.3) is 0 Å². The number of carboxylic acid groups (broad SMARTS) is 1. The van der Waals surface area contributed by atoms with Crippen LogP contribution in [0.5, 0.6) is 5.75 Å². The lowest BCUT2D eigenvalue weighted by Gasteiger charge is -2.10. The number of carboxylic acids is 1. The van der Waals surface area contributed by atoms with E-state index in [0.29, 0.717) is 5.56 Å². The third-order valence-electron chi connectivity index (χ3n) is 1.77. The lowest BCUT2D eigenvalue weighted by Crippen LogP contribution is -2.03. The molecule has 0 saturated heterocycles. The second kappa shape index (κ2) is 4.07. The molecule has 0 atom stereocenters. The maximum absolute atomic E-state index is 10.8. The Kier molecular flexibility index (Phi) is 3.24. The van der Waals surface area contributed by atoms with Crippen molar-refractivity contribution in [2.45, 2.75) is 6.92 Å². The smallest absolute Gasteiger partial charge is 0.341 e. The van der Waals surface area contributed by atoms with Crippen molar-refractivity contribution in [2.24, 2.45) is 0 Å². The normalized spacial score (nSPS) is 10.0. The Balaban J connectivity index is 3.55. The van der Waals surface area contributed by atoms with Crippen LogP contribution in [0.2, 0.25) is 10.0 Å². The zero-order valence-electron chi connectivity index (χ0n) is 7.60. The van der Waals surface area contributed by atoms with E-state index < -0.39 is 5.97 Å². The predicted octanol–water partition coefficient (Wildman–Crippen LogP) is 3.01. The number of rotatable bonds is 2. The van der Waals surface area contributed by atoms with Gasteiger partial charge in [0.25, 0.3) is 0 Å². The molecule has 1 aromatic rings. The summed E-state index contributed by atoms with van der Waals surface area (Å²) in [4.78, 5) is 10.8. The average Bonchev–Trinajstić information content (AvgIpc) is 2.09. The second-order valence-corrected chi connectivity index (χ2v) is 3.49. The van der Waals surface area contributed by atoms with E-state index in [1.807, 2.05) is 0 Å². The van der Waals surface area contributed by atoms with Crippen LogP contribution in [0.3, 0.4) is 0 Å². The van der Waals surface area contributed by atoms with Crippen LogP contribution in [0, 0.1) is 6.92 Å². The Labute approximate surface area is 91.2 Å². The van der Waals surface area contributed by atoms with E-state index in [0.717, 1.165) is 0 Å². The number of benzene rings is 1. The molecule has 5 heteroatoms. The predicted molar refractivity (Wildman–Crippen MR) is 54.7 cm³/mol. The highest BCUT2D eigenvalue weighted by atomic mass is 35.5. The molecule has 1 N–H and O–H groups in total. The summed E-state index contributed by atoms with van der Waals surface area (Å²) in [5, 5.41) is 9.26. The minimum atomic E-state index is -1.16. The molecule has 0 aromatic heterocycles. The number of aryl methyl sites for hydroxylation is 1. The van der Waals surface area contributed by atoms with Gasteiger partial charge in [-0.1, -0.05) is 23.2 Å². The lowest BCUT2D eigenvalue weighted by molar-refractivity contribution is 0.0693. The zero-order chi connectivity index (χ0) is 10.9. The minimum absolute atomic E-state index is 0.101. The van der Waals surface area contributed by atoms with Crippen LogP contribution in [-0.2, 0) is 0 Å². The van der Waals surface area contributed by atoms with Crippen molar-refractivity contribution in [1.29, 1.82) is 0 Å². The maximum Gasteiger partial charge on any atom is 0.341 e. The molecular weight excluding hydrogens is 227 g/mol. The van der Waals surface area contributed by atoms with Gasteiger partial charge in [-0.15, -0.1) is 0 Å². The Hall–Kier alpha value is -0.930. The van der Waals surface area contributed by atoms with Gasteiger partial charge in [-0.25, -0.2) is 4.79 Å². The molecule has 0 fully saturated rings. The maximum atomic E-state index is 10.8. The first-order valence-electron chi connectivity index (χ1n) is 3.75. The molecule has 0 spiro atoms. The molecule has 0 aliphatic carbocycles. The van der Waals surface area contributed by atoms with Crippen molar-refractivity contribution in [2.75, 3.05) is 7.11 Å². The van der Waals surface area contributed by atoms with Crippen molar-refractivity contribution in [3.8, 4) is 5.75 Å². The molecule has 0 aliphatic rings. The number of hydrogen-bond donors (Lipinski definition) is 1. The summed E-state index contributed by atoms with van der Waals surface area (Å²) < 4.78 is 4.90. The highest BCUT2D eigenvalue weighted by Crippen LogP contribution is 2.36. The Morgan fingerprint density at radius 3 is 2.50 bits per heavy atom. The highest BCUT2D eigenvalue weighted by Gasteiger charge is 2.20. The monoisotopic (exact) mass is 234 g/mol. The quantitative estimate of drug-likeness (QED) is 0.856. The van der Waals surface area contributed by atoms with E-state index in [1.165, 1.54) is 13.2 Å². The van der Waals surface area contributed by atoms with Gasteiger partial charge < -0.3 is 9.84 Å². The van der Waals surface area contributed by atoms with Crippen LogP contribution in [-0.4, -0.2) is 18.2 Å². The van der Waals surface area contributed by atoms with Gasteiger partial charge in [-0.3, -0.25) is 0 Å². The molecular formula is C9H8Cl2O3. The van der Waals surface area contributed by atoms with E-state index in [9.17, 15) is 4.79 Å². The van der Waals surface area contributed by atoms with Crippen molar-refractivity contribution < 1.29 is 14.6 Å². The summed E-state index contributed by atoms with van der Waals surface area (Å²) in [7, 11) is 1.35. The molecule has 1 rings (SSSR count). The molecule has 0 saturated carbocycles. The van der Waals surface area contributed by atoms with Crippen molar-refractivity contribution in [3.63, 3.8) is 0 Å². The summed E-state index contributed by atoms with van der Waals surface area (Å²) in [6.45, 7) is 1.72. The summed E-state index contributed by atoms with van der Waals surface area (Å²) in [5.41, 5.74) is 0.572. The Morgan fingerprint density at radius 1 is 1.50 bits per heavy atom. The first-order valence-corrected chi connectivity index (χ1v) is 4.50. The minimum Gasteiger partial charge on any atom is -0.494 e. The van der Waals surface area contributed by atoms with E-state index in [1.54, 1.807) is 6.92 Å². The molecule has 0 amide bonds. The number of methoxy groups -OCH3 is 1. The second-order valence-electron chi connectivity index (χ2n) is 2.70. The van der Waals surface area contributed by atoms with Gasteiger partial charge in [-0.05, 0) is 18.6 Å². The molecule has 0 heterocycles. The number of ether oxygens (including phenoxy) is 1. The molecule has 76 valence electrons. The van der Waals surface area contributed by atoms with E-state index in [-0.39, 0.29) is 21.4 Å². The Morgan fingerprint density at radius 2 is 2.07 bits per heavy atom. The molecule has 0 radical (unpaired) electrons. The van der Waals surface area contributed by atoms with Crippen LogP contribution in [0.4, 0.5) is 0 Å². The van der Waals surface area contributed by atoms with Gasteiger partial charge >= 0.3 is 5.97 Å². The lowest BCUT2D eigenvalue weighted by atomic mass is 10.1. The Bertz CT molecular complexity index is 388.